The zero-order chi connectivity index (χ0) is 20.3. The van der Waals surface area contributed by atoms with Gasteiger partial charge in [-0.1, -0.05) is 0 Å². The van der Waals surface area contributed by atoms with E-state index < -0.39 is 17.5 Å². The fourth-order valence-electron chi connectivity index (χ4n) is 2.61. The van der Waals surface area contributed by atoms with Gasteiger partial charge in [0.25, 0.3) is 5.91 Å². The lowest BCUT2D eigenvalue weighted by Crippen LogP contribution is -2.32. The average Bonchev–Trinajstić information content (AvgIpc) is 2.96. The molecule has 1 aliphatic rings. The molecule has 28 heavy (non-hydrogen) atoms. The molecule has 2 N–H and O–H groups in total. The Morgan fingerprint density at radius 3 is 2.89 bits per heavy atom. The highest BCUT2D eigenvalue weighted by atomic mass is 127. The lowest BCUT2D eigenvalue weighted by molar-refractivity contribution is -0.604. The maximum absolute atomic E-state index is 14.1. The number of carbonyl (C=O) groups is 1. The van der Waals surface area contributed by atoms with Crippen molar-refractivity contribution in [3.8, 4) is 0 Å². The van der Waals surface area contributed by atoms with Crippen LogP contribution in [0.4, 0.5) is 15.8 Å². The third-order valence-electron chi connectivity index (χ3n) is 3.88. The normalized spacial score (nSPS) is 18.1. The van der Waals surface area contributed by atoms with Crippen LogP contribution in [0.2, 0.25) is 0 Å². The van der Waals surface area contributed by atoms with Gasteiger partial charge in [-0.2, -0.15) is 4.73 Å². The predicted octanol–water partition coefficient (Wildman–Crippen LogP) is 2.62. The van der Waals surface area contributed by atoms with Crippen molar-refractivity contribution >= 4 is 39.9 Å². The van der Waals surface area contributed by atoms with Gasteiger partial charge in [-0.3, -0.25) is 9.63 Å². The number of ether oxygens (including phenoxy) is 2. The second-order valence-electron chi connectivity index (χ2n) is 6.57. The number of rotatable bonds is 6. The van der Waals surface area contributed by atoms with Gasteiger partial charge < -0.3 is 20.0 Å². The summed E-state index contributed by atoms with van der Waals surface area (Å²) in [5.74, 6) is -1.78. The monoisotopic (exact) mass is 503 g/mol. The minimum Gasteiger partial charge on any atom is -0.619 e. The Labute approximate surface area is 174 Å². The van der Waals surface area contributed by atoms with Crippen molar-refractivity contribution in [3.63, 3.8) is 0 Å². The number of anilines is 2. The number of amides is 1. The number of benzene rings is 1. The number of hydroxylamine groups is 1. The number of nitrogens with zero attached hydrogens (tertiary/aromatic N) is 1. The van der Waals surface area contributed by atoms with Crippen LogP contribution in [0.5, 0.6) is 0 Å². The van der Waals surface area contributed by atoms with Crippen LogP contribution < -0.4 is 15.5 Å². The molecular formula is C18H19FIN3O5. The molecule has 1 atom stereocenters. The molecule has 3 rings (SSSR count). The molecule has 0 bridgehead atoms. The summed E-state index contributed by atoms with van der Waals surface area (Å²) in [5.41, 5.74) is 2.70. The number of nitrogens with one attached hydrogen (secondary N) is 2. The van der Waals surface area contributed by atoms with E-state index in [0.717, 1.165) is 9.77 Å². The summed E-state index contributed by atoms with van der Waals surface area (Å²) in [7, 11) is 0. The van der Waals surface area contributed by atoms with Crippen LogP contribution in [0, 0.1) is 14.6 Å². The van der Waals surface area contributed by atoms with Gasteiger partial charge in [-0.05, 0) is 54.6 Å². The van der Waals surface area contributed by atoms with Gasteiger partial charge in [0, 0.05) is 9.64 Å². The second kappa shape index (κ2) is 8.55. The van der Waals surface area contributed by atoms with E-state index in [0.29, 0.717) is 11.3 Å². The summed E-state index contributed by atoms with van der Waals surface area (Å²) in [5, 5.41) is 14.4. The Hall–Kier alpha value is -2.02. The largest absolute Gasteiger partial charge is 0.619 e. The average molecular weight is 503 g/mol. The molecule has 10 heteroatoms. The highest BCUT2D eigenvalue weighted by molar-refractivity contribution is 14.1. The first kappa shape index (κ1) is 20.7. The van der Waals surface area contributed by atoms with Gasteiger partial charge in [0.05, 0.1) is 17.9 Å². The SMILES string of the molecule is CC1(C)OCC(CONC(=O)c2cc[n+]([O-])cc2Nc2ccc(I)cc2F)O1. The Bertz CT molecular complexity index is 880. The van der Waals surface area contributed by atoms with Gasteiger partial charge in [-0.25, -0.2) is 9.87 Å². The van der Waals surface area contributed by atoms with E-state index in [1.165, 1.54) is 24.4 Å². The van der Waals surface area contributed by atoms with Crippen LogP contribution in [-0.2, 0) is 14.3 Å². The molecule has 0 radical (unpaired) electrons. The molecule has 0 aliphatic carbocycles. The maximum Gasteiger partial charge on any atom is 0.277 e. The molecule has 0 saturated carbocycles. The zero-order valence-electron chi connectivity index (χ0n) is 15.2. The van der Waals surface area contributed by atoms with E-state index >= 15 is 0 Å². The van der Waals surface area contributed by atoms with Gasteiger partial charge in [-0.15, -0.1) is 0 Å². The van der Waals surface area contributed by atoms with E-state index in [1.54, 1.807) is 19.9 Å². The smallest absolute Gasteiger partial charge is 0.277 e. The van der Waals surface area contributed by atoms with Crippen molar-refractivity contribution in [1.82, 2.24) is 5.48 Å². The Kier molecular flexibility index (Phi) is 6.33. The van der Waals surface area contributed by atoms with Crippen molar-refractivity contribution < 1.29 is 28.2 Å². The van der Waals surface area contributed by atoms with E-state index in [4.69, 9.17) is 14.3 Å². The third kappa shape index (κ3) is 5.28. The van der Waals surface area contributed by atoms with Gasteiger partial charge >= 0.3 is 0 Å². The standard InChI is InChI=1S/C18H19FIN3O5/c1-18(2)26-9-12(28-18)10-27-22-17(24)13-5-6-23(25)8-16(13)21-15-4-3-11(20)7-14(15)19/h3-8,12,21H,9-10H2,1-2H3,(H,22,24). The molecule has 1 aliphatic heterocycles. The Morgan fingerprint density at radius 1 is 1.43 bits per heavy atom. The summed E-state index contributed by atoms with van der Waals surface area (Å²) in [6.07, 6.45) is 2.00. The number of pyridine rings is 1. The number of hydrogen-bond donors (Lipinski definition) is 2. The van der Waals surface area contributed by atoms with Crippen LogP contribution in [0.25, 0.3) is 0 Å². The number of carbonyl (C=O) groups excluding carboxylic acids is 1. The van der Waals surface area contributed by atoms with Crippen LogP contribution in [-0.4, -0.2) is 31.0 Å². The van der Waals surface area contributed by atoms with Crippen LogP contribution in [0.3, 0.4) is 0 Å². The van der Waals surface area contributed by atoms with Gasteiger partial charge in [0.1, 0.15) is 24.2 Å². The molecule has 1 aromatic carbocycles. The first-order valence-corrected chi connectivity index (χ1v) is 9.50. The number of aromatic nitrogens is 1. The Balaban J connectivity index is 1.66. The summed E-state index contributed by atoms with van der Waals surface area (Å²) in [4.78, 5) is 17.7. The summed E-state index contributed by atoms with van der Waals surface area (Å²) < 4.78 is 26.3. The highest BCUT2D eigenvalue weighted by Gasteiger charge is 2.33. The van der Waals surface area contributed by atoms with Crippen molar-refractivity contribution in [2.24, 2.45) is 0 Å². The quantitative estimate of drug-likeness (QED) is 0.273. The van der Waals surface area contributed by atoms with Crippen LogP contribution >= 0.6 is 22.6 Å². The van der Waals surface area contributed by atoms with Crippen molar-refractivity contribution in [1.29, 1.82) is 0 Å². The van der Waals surface area contributed by atoms with E-state index in [2.05, 4.69) is 10.8 Å². The van der Waals surface area contributed by atoms with Crippen molar-refractivity contribution in [2.45, 2.75) is 25.7 Å². The lowest BCUT2D eigenvalue weighted by atomic mass is 10.2. The highest BCUT2D eigenvalue weighted by Crippen LogP contribution is 2.24. The molecule has 1 fully saturated rings. The molecule has 0 spiro atoms. The molecule has 2 aromatic rings. The molecule has 2 heterocycles. The third-order valence-corrected chi connectivity index (χ3v) is 4.55. The molecule has 1 aromatic heterocycles. The number of hydrogen-bond acceptors (Lipinski definition) is 6. The van der Waals surface area contributed by atoms with Crippen molar-refractivity contribution in [2.75, 3.05) is 18.5 Å². The first-order valence-electron chi connectivity index (χ1n) is 8.42. The summed E-state index contributed by atoms with van der Waals surface area (Å²) in [6, 6.07) is 5.88. The van der Waals surface area contributed by atoms with Gasteiger partial charge in [0.2, 0.25) is 6.20 Å². The maximum atomic E-state index is 14.1. The fraction of sp³-hybridized carbons (Fsp3) is 0.333. The van der Waals surface area contributed by atoms with Crippen LogP contribution in [0.1, 0.15) is 24.2 Å². The molecule has 150 valence electrons. The second-order valence-corrected chi connectivity index (χ2v) is 7.82. The Morgan fingerprint density at radius 2 is 2.21 bits per heavy atom. The first-order chi connectivity index (χ1) is 13.2. The topological polar surface area (TPSA) is 95.8 Å². The molecule has 8 nitrogen and oxygen atoms in total. The molecule has 1 saturated heterocycles. The van der Waals surface area contributed by atoms with E-state index in [1.807, 2.05) is 22.6 Å². The predicted molar refractivity (Wildman–Crippen MR) is 106 cm³/mol. The van der Waals surface area contributed by atoms with Crippen LogP contribution in [0.15, 0.2) is 36.7 Å². The minimum absolute atomic E-state index is 0.0953. The summed E-state index contributed by atoms with van der Waals surface area (Å²) in [6.45, 7) is 4.02. The lowest BCUT2D eigenvalue weighted by Gasteiger charge is -2.17. The molecule has 1 amide bonds. The number of halogens is 2. The van der Waals surface area contributed by atoms with Gasteiger partial charge in [0.15, 0.2) is 12.0 Å². The minimum atomic E-state index is -0.687. The van der Waals surface area contributed by atoms with E-state index in [9.17, 15) is 14.4 Å². The molecular weight excluding hydrogens is 484 g/mol. The molecule has 1 unspecified atom stereocenters. The summed E-state index contributed by atoms with van der Waals surface area (Å²) >= 11 is 1.99. The van der Waals surface area contributed by atoms with E-state index in [-0.39, 0.29) is 29.6 Å². The van der Waals surface area contributed by atoms with Crippen molar-refractivity contribution in [3.05, 3.63) is 56.8 Å². The zero-order valence-corrected chi connectivity index (χ0v) is 17.4. The fourth-order valence-corrected chi connectivity index (χ4v) is 3.06.